The number of halogens is 1. The molecule has 0 saturated carbocycles. The molecule has 2 aliphatic heterocycles. The van der Waals surface area contributed by atoms with Crippen LogP contribution < -0.4 is 0 Å². The molecule has 2 aromatic carbocycles. The van der Waals surface area contributed by atoms with E-state index in [0.717, 1.165) is 13.0 Å². The van der Waals surface area contributed by atoms with E-state index in [9.17, 15) is 13.2 Å². The summed E-state index contributed by atoms with van der Waals surface area (Å²) < 4.78 is 27.1. The molecule has 2 heterocycles. The van der Waals surface area contributed by atoms with Gasteiger partial charge in [-0.2, -0.15) is 4.31 Å². The number of sulfonamides is 1. The Morgan fingerprint density at radius 2 is 1.55 bits per heavy atom. The second-order valence-corrected chi connectivity index (χ2v) is 9.76. The average Bonchev–Trinajstić information content (AvgIpc) is 2.74. The number of nitrogens with zero attached hydrogens (tertiary/aromatic N) is 3. The van der Waals surface area contributed by atoms with Gasteiger partial charge in [-0.15, -0.1) is 0 Å². The predicted molar refractivity (Wildman–Crippen MR) is 112 cm³/mol. The maximum absolute atomic E-state index is 12.8. The first-order chi connectivity index (χ1) is 13.9. The summed E-state index contributed by atoms with van der Waals surface area (Å²) >= 11 is 6.08. The summed E-state index contributed by atoms with van der Waals surface area (Å²) in [6.45, 7) is 3.46. The third kappa shape index (κ3) is 4.33. The van der Waals surface area contributed by atoms with Crippen LogP contribution in [0.5, 0.6) is 0 Å². The third-order valence-electron chi connectivity index (χ3n) is 5.63. The number of carbonyl (C=O) groups is 1. The average molecular weight is 434 g/mol. The van der Waals surface area contributed by atoms with Crippen LogP contribution in [0.15, 0.2) is 53.4 Å². The molecule has 1 saturated heterocycles. The summed E-state index contributed by atoms with van der Waals surface area (Å²) in [5.74, 6) is 0.0990. The summed E-state index contributed by atoms with van der Waals surface area (Å²) in [5, 5.41) is 0.232. The first kappa shape index (κ1) is 20.3. The molecule has 6 nitrogen and oxygen atoms in total. The molecule has 2 aliphatic rings. The van der Waals surface area contributed by atoms with Gasteiger partial charge in [-0.05, 0) is 29.7 Å². The molecular weight excluding hydrogens is 410 g/mol. The smallest absolute Gasteiger partial charge is 0.244 e. The van der Waals surface area contributed by atoms with Gasteiger partial charge in [0.25, 0.3) is 0 Å². The molecule has 1 fully saturated rings. The number of fused-ring (bicyclic) bond motifs is 1. The fraction of sp³-hybridized carbons (Fsp3) is 0.381. The lowest BCUT2D eigenvalue weighted by Crippen LogP contribution is -2.51. The number of carbonyl (C=O) groups excluding carboxylic acids is 1. The van der Waals surface area contributed by atoms with Gasteiger partial charge in [-0.25, -0.2) is 8.42 Å². The van der Waals surface area contributed by atoms with Crippen molar-refractivity contribution >= 4 is 27.5 Å². The Hall–Kier alpha value is -1.93. The lowest BCUT2D eigenvalue weighted by molar-refractivity contribution is -0.133. The number of piperazine rings is 1. The van der Waals surface area contributed by atoms with Gasteiger partial charge in [0.1, 0.15) is 4.90 Å². The molecule has 154 valence electrons. The van der Waals surface area contributed by atoms with E-state index < -0.39 is 10.0 Å². The van der Waals surface area contributed by atoms with E-state index >= 15 is 0 Å². The number of hydrogen-bond donors (Lipinski definition) is 0. The summed E-state index contributed by atoms with van der Waals surface area (Å²) in [5.41, 5.74) is 2.53. The van der Waals surface area contributed by atoms with Gasteiger partial charge in [-0.1, -0.05) is 48.0 Å². The summed E-state index contributed by atoms with van der Waals surface area (Å²) in [4.78, 5) is 16.8. The molecule has 0 bridgehead atoms. The van der Waals surface area contributed by atoms with Gasteiger partial charge in [0.15, 0.2) is 0 Å². The highest BCUT2D eigenvalue weighted by atomic mass is 35.5. The molecule has 0 radical (unpaired) electrons. The van der Waals surface area contributed by atoms with Crippen LogP contribution in [0.25, 0.3) is 0 Å². The van der Waals surface area contributed by atoms with Gasteiger partial charge in [-0.3, -0.25) is 9.69 Å². The molecule has 4 rings (SSSR count). The molecule has 1 amide bonds. The van der Waals surface area contributed by atoms with E-state index in [1.54, 1.807) is 18.2 Å². The highest BCUT2D eigenvalue weighted by Crippen LogP contribution is 2.25. The van der Waals surface area contributed by atoms with E-state index in [2.05, 4.69) is 12.1 Å². The largest absolute Gasteiger partial charge is 0.337 e. The molecule has 0 aliphatic carbocycles. The number of benzene rings is 2. The van der Waals surface area contributed by atoms with Gasteiger partial charge in [0, 0.05) is 39.3 Å². The number of hydrogen-bond acceptors (Lipinski definition) is 4. The van der Waals surface area contributed by atoms with E-state index in [1.807, 2.05) is 21.9 Å². The Kier molecular flexibility index (Phi) is 5.92. The van der Waals surface area contributed by atoms with Gasteiger partial charge < -0.3 is 4.90 Å². The monoisotopic (exact) mass is 433 g/mol. The Morgan fingerprint density at radius 3 is 2.28 bits per heavy atom. The summed E-state index contributed by atoms with van der Waals surface area (Å²) in [6, 6.07) is 14.7. The molecule has 0 spiro atoms. The fourth-order valence-corrected chi connectivity index (χ4v) is 5.84. The zero-order chi connectivity index (χ0) is 20.4. The van der Waals surface area contributed by atoms with E-state index in [1.165, 1.54) is 21.5 Å². The zero-order valence-corrected chi connectivity index (χ0v) is 17.7. The zero-order valence-electron chi connectivity index (χ0n) is 16.1. The molecule has 29 heavy (non-hydrogen) atoms. The SMILES string of the molecule is O=C(CN1CCN(S(=O)(=O)c2ccccc2Cl)CC1)N1CCc2ccccc2C1. The Bertz CT molecular complexity index is 1000. The van der Waals surface area contributed by atoms with E-state index in [-0.39, 0.29) is 15.8 Å². The Balaban J connectivity index is 1.33. The Morgan fingerprint density at radius 1 is 0.897 bits per heavy atom. The van der Waals surface area contributed by atoms with Crippen LogP contribution in [0.2, 0.25) is 5.02 Å². The van der Waals surface area contributed by atoms with Crippen molar-refractivity contribution in [3.63, 3.8) is 0 Å². The predicted octanol–water partition coefficient (Wildman–Crippen LogP) is 2.23. The van der Waals surface area contributed by atoms with Crippen molar-refractivity contribution in [2.24, 2.45) is 0 Å². The van der Waals surface area contributed by atoms with Crippen molar-refractivity contribution in [3.05, 3.63) is 64.7 Å². The lowest BCUT2D eigenvalue weighted by atomic mass is 10.00. The first-order valence-electron chi connectivity index (χ1n) is 9.77. The molecule has 0 aromatic heterocycles. The highest BCUT2D eigenvalue weighted by Gasteiger charge is 2.31. The third-order valence-corrected chi connectivity index (χ3v) is 8.03. The Labute approximate surface area is 176 Å². The van der Waals surface area contributed by atoms with E-state index in [0.29, 0.717) is 39.3 Å². The van der Waals surface area contributed by atoms with Gasteiger partial charge in [0.2, 0.25) is 15.9 Å². The molecule has 8 heteroatoms. The fourth-order valence-electron chi connectivity index (χ4n) is 3.92. The molecule has 0 atom stereocenters. The van der Waals surface area contributed by atoms with Crippen LogP contribution in [0.3, 0.4) is 0 Å². The second kappa shape index (κ2) is 8.44. The topological polar surface area (TPSA) is 60.9 Å². The van der Waals surface area contributed by atoms with Gasteiger partial charge >= 0.3 is 0 Å². The van der Waals surface area contributed by atoms with E-state index in [4.69, 9.17) is 11.6 Å². The van der Waals surface area contributed by atoms with Crippen LogP contribution in [-0.2, 0) is 27.8 Å². The highest BCUT2D eigenvalue weighted by molar-refractivity contribution is 7.89. The number of amides is 1. The van der Waals surface area contributed by atoms with Crippen LogP contribution in [-0.4, -0.2) is 67.7 Å². The summed E-state index contributed by atoms with van der Waals surface area (Å²) in [6.07, 6.45) is 0.881. The molecule has 0 unspecified atom stereocenters. The lowest BCUT2D eigenvalue weighted by Gasteiger charge is -2.35. The number of rotatable bonds is 4. The van der Waals surface area contributed by atoms with Crippen molar-refractivity contribution in [2.75, 3.05) is 39.3 Å². The maximum Gasteiger partial charge on any atom is 0.244 e. The van der Waals surface area contributed by atoms with Crippen LogP contribution >= 0.6 is 11.6 Å². The minimum Gasteiger partial charge on any atom is -0.337 e. The van der Waals surface area contributed by atoms with Crippen molar-refractivity contribution in [3.8, 4) is 0 Å². The summed E-state index contributed by atoms with van der Waals surface area (Å²) in [7, 11) is -3.62. The molecule has 2 aromatic rings. The minimum atomic E-state index is -3.62. The molecular formula is C21H24ClN3O3S. The quantitative estimate of drug-likeness (QED) is 0.741. The maximum atomic E-state index is 12.8. The van der Waals surface area contributed by atoms with Crippen molar-refractivity contribution in [1.82, 2.24) is 14.1 Å². The normalized spacial score (nSPS) is 18.4. The molecule has 0 N–H and O–H groups in total. The van der Waals surface area contributed by atoms with Crippen molar-refractivity contribution in [2.45, 2.75) is 17.9 Å². The second-order valence-electron chi connectivity index (χ2n) is 7.44. The minimum absolute atomic E-state index is 0.0990. The van der Waals surface area contributed by atoms with Crippen LogP contribution in [0, 0.1) is 0 Å². The standard InChI is InChI=1S/C21H24ClN3O3S/c22-19-7-3-4-8-20(19)29(27,28)25-13-11-23(12-14-25)16-21(26)24-10-9-17-5-1-2-6-18(17)15-24/h1-8H,9-16H2. The van der Waals surface area contributed by atoms with Crippen LogP contribution in [0.4, 0.5) is 0 Å². The van der Waals surface area contributed by atoms with Crippen molar-refractivity contribution < 1.29 is 13.2 Å². The van der Waals surface area contributed by atoms with Gasteiger partial charge in [0.05, 0.1) is 11.6 Å². The first-order valence-corrected chi connectivity index (χ1v) is 11.6. The van der Waals surface area contributed by atoms with Crippen LogP contribution in [0.1, 0.15) is 11.1 Å². The van der Waals surface area contributed by atoms with Crippen molar-refractivity contribution in [1.29, 1.82) is 0 Å².